The maximum atomic E-state index is 12.5. The van der Waals surface area contributed by atoms with Gasteiger partial charge in [0, 0.05) is 37.9 Å². The summed E-state index contributed by atoms with van der Waals surface area (Å²) in [6.07, 6.45) is 4.66. The van der Waals surface area contributed by atoms with Crippen LogP contribution in [0.3, 0.4) is 0 Å². The molecular weight excluding hydrogens is 322 g/mol. The van der Waals surface area contributed by atoms with Crippen LogP contribution in [0.2, 0.25) is 0 Å². The fraction of sp³-hybridized carbons (Fsp3) is 0.278. The second-order valence-electron chi connectivity index (χ2n) is 6.33. The van der Waals surface area contributed by atoms with Crippen molar-refractivity contribution in [1.82, 2.24) is 13.9 Å². The fourth-order valence-electron chi connectivity index (χ4n) is 3.33. The van der Waals surface area contributed by atoms with Gasteiger partial charge in [0.2, 0.25) is 10.0 Å². The Morgan fingerprint density at radius 3 is 2.62 bits per heavy atom. The highest BCUT2D eigenvalue weighted by Crippen LogP contribution is 2.28. The van der Waals surface area contributed by atoms with Crippen LogP contribution in [-0.4, -0.2) is 35.4 Å². The molecule has 6 heteroatoms. The van der Waals surface area contributed by atoms with Crippen molar-refractivity contribution in [3.63, 3.8) is 0 Å². The summed E-state index contributed by atoms with van der Waals surface area (Å²) in [5.74, 6) is 0.316. The maximum absolute atomic E-state index is 12.5. The van der Waals surface area contributed by atoms with E-state index in [9.17, 15) is 8.42 Å². The Hall–Kier alpha value is -2.18. The van der Waals surface area contributed by atoms with Crippen molar-refractivity contribution >= 4 is 20.9 Å². The van der Waals surface area contributed by atoms with E-state index in [0.717, 1.165) is 17.6 Å². The van der Waals surface area contributed by atoms with Gasteiger partial charge in [0.05, 0.1) is 16.1 Å². The Labute approximate surface area is 141 Å². The SMILES string of the molecule is Cn1ccc2ccnc(CC3CN(S(=O)(=O)c4ccccc4)C3)c21. The van der Waals surface area contributed by atoms with E-state index in [1.165, 1.54) is 5.39 Å². The molecule has 1 aromatic carbocycles. The predicted octanol–water partition coefficient (Wildman–Crippen LogP) is 2.44. The summed E-state index contributed by atoms with van der Waals surface area (Å²) in [6.45, 7) is 1.11. The lowest BCUT2D eigenvalue weighted by Gasteiger charge is -2.38. The van der Waals surface area contributed by atoms with Gasteiger partial charge in [0.25, 0.3) is 0 Å². The van der Waals surface area contributed by atoms with Crippen LogP contribution in [0.25, 0.3) is 10.9 Å². The topological polar surface area (TPSA) is 55.2 Å². The molecule has 0 bridgehead atoms. The summed E-state index contributed by atoms with van der Waals surface area (Å²) in [6, 6.07) is 12.7. The Morgan fingerprint density at radius 2 is 1.88 bits per heavy atom. The molecule has 0 spiro atoms. The van der Waals surface area contributed by atoms with Crippen LogP contribution >= 0.6 is 0 Å². The van der Waals surface area contributed by atoms with Gasteiger partial charge in [-0.1, -0.05) is 18.2 Å². The van der Waals surface area contributed by atoms with Crippen molar-refractivity contribution < 1.29 is 8.42 Å². The fourth-order valence-corrected chi connectivity index (χ4v) is 4.95. The molecule has 0 aliphatic carbocycles. The third kappa shape index (κ3) is 2.52. The average molecular weight is 341 g/mol. The minimum atomic E-state index is -3.36. The Morgan fingerprint density at radius 1 is 1.12 bits per heavy atom. The molecule has 0 amide bonds. The van der Waals surface area contributed by atoms with Crippen molar-refractivity contribution in [3.05, 3.63) is 60.6 Å². The molecule has 1 saturated heterocycles. The third-order valence-corrected chi connectivity index (χ3v) is 6.49. The van der Waals surface area contributed by atoms with Crippen LogP contribution in [0.15, 0.2) is 59.8 Å². The number of pyridine rings is 1. The number of nitrogens with zero attached hydrogens (tertiary/aromatic N) is 3. The van der Waals surface area contributed by atoms with E-state index in [1.807, 2.05) is 31.6 Å². The minimum absolute atomic E-state index is 0.316. The van der Waals surface area contributed by atoms with Gasteiger partial charge in [0.15, 0.2) is 0 Å². The molecule has 1 aliphatic rings. The average Bonchev–Trinajstić information content (AvgIpc) is 2.93. The molecule has 0 unspecified atom stereocenters. The first-order valence-corrected chi connectivity index (χ1v) is 9.44. The highest BCUT2D eigenvalue weighted by Gasteiger charge is 2.37. The van der Waals surface area contributed by atoms with Crippen molar-refractivity contribution in [2.75, 3.05) is 13.1 Å². The maximum Gasteiger partial charge on any atom is 0.243 e. The van der Waals surface area contributed by atoms with Crippen molar-refractivity contribution in [3.8, 4) is 0 Å². The summed E-state index contributed by atoms with van der Waals surface area (Å²) < 4.78 is 28.7. The lowest BCUT2D eigenvalue weighted by atomic mass is 9.96. The van der Waals surface area contributed by atoms with Gasteiger partial charge in [0.1, 0.15) is 0 Å². The zero-order valence-electron chi connectivity index (χ0n) is 13.5. The summed E-state index contributed by atoms with van der Waals surface area (Å²) in [5.41, 5.74) is 2.18. The van der Waals surface area contributed by atoms with Crippen LogP contribution in [0.4, 0.5) is 0 Å². The molecule has 3 aromatic rings. The number of hydrogen-bond donors (Lipinski definition) is 0. The molecule has 4 rings (SSSR count). The van der Waals surface area contributed by atoms with Crippen LogP contribution in [-0.2, 0) is 23.5 Å². The molecule has 0 saturated carbocycles. The van der Waals surface area contributed by atoms with Crippen molar-refractivity contribution in [1.29, 1.82) is 0 Å². The molecule has 1 fully saturated rings. The van der Waals surface area contributed by atoms with Crippen molar-refractivity contribution in [2.45, 2.75) is 11.3 Å². The molecule has 124 valence electrons. The minimum Gasteiger partial charge on any atom is -0.349 e. The van der Waals surface area contributed by atoms with Crippen LogP contribution in [0.1, 0.15) is 5.69 Å². The second-order valence-corrected chi connectivity index (χ2v) is 8.27. The molecule has 0 atom stereocenters. The number of benzene rings is 1. The zero-order chi connectivity index (χ0) is 16.7. The molecule has 0 radical (unpaired) electrons. The van der Waals surface area contributed by atoms with Gasteiger partial charge >= 0.3 is 0 Å². The molecule has 0 N–H and O–H groups in total. The van der Waals surface area contributed by atoms with E-state index in [0.29, 0.717) is 23.9 Å². The predicted molar refractivity (Wildman–Crippen MR) is 93.1 cm³/mol. The van der Waals surface area contributed by atoms with Gasteiger partial charge in [-0.25, -0.2) is 8.42 Å². The highest BCUT2D eigenvalue weighted by atomic mass is 32.2. The Balaban J connectivity index is 1.49. The van der Waals surface area contributed by atoms with E-state index >= 15 is 0 Å². The van der Waals surface area contributed by atoms with Crippen LogP contribution in [0, 0.1) is 5.92 Å². The Bertz CT molecular complexity index is 974. The quantitative estimate of drug-likeness (QED) is 0.732. The van der Waals surface area contributed by atoms with Gasteiger partial charge < -0.3 is 4.57 Å². The first-order chi connectivity index (χ1) is 11.6. The van der Waals surface area contributed by atoms with E-state index in [-0.39, 0.29) is 0 Å². The molecule has 24 heavy (non-hydrogen) atoms. The van der Waals surface area contributed by atoms with E-state index in [2.05, 4.69) is 15.6 Å². The number of rotatable bonds is 4. The smallest absolute Gasteiger partial charge is 0.243 e. The van der Waals surface area contributed by atoms with Gasteiger partial charge in [-0.05, 0) is 36.6 Å². The van der Waals surface area contributed by atoms with E-state index in [1.54, 1.807) is 28.6 Å². The van der Waals surface area contributed by atoms with E-state index in [4.69, 9.17) is 0 Å². The standard InChI is InChI=1S/C18H19N3O2S/c1-20-10-8-15-7-9-19-17(18(15)20)11-14-12-21(13-14)24(22,23)16-5-3-2-4-6-16/h2-10,14H,11-13H2,1H3. The normalized spacial score (nSPS) is 16.4. The van der Waals surface area contributed by atoms with Crippen LogP contribution in [0.5, 0.6) is 0 Å². The largest absolute Gasteiger partial charge is 0.349 e. The summed E-state index contributed by atoms with van der Waals surface area (Å²) >= 11 is 0. The van der Waals surface area contributed by atoms with Crippen LogP contribution < -0.4 is 0 Å². The number of aromatic nitrogens is 2. The molecular formula is C18H19N3O2S. The highest BCUT2D eigenvalue weighted by molar-refractivity contribution is 7.89. The summed E-state index contributed by atoms with van der Waals surface area (Å²) in [7, 11) is -1.35. The third-order valence-electron chi connectivity index (χ3n) is 4.65. The number of fused-ring (bicyclic) bond motifs is 1. The Kier molecular flexibility index (Phi) is 3.66. The first-order valence-electron chi connectivity index (χ1n) is 8.00. The monoisotopic (exact) mass is 341 g/mol. The van der Waals surface area contributed by atoms with Gasteiger partial charge in [-0.2, -0.15) is 4.31 Å². The first kappa shape index (κ1) is 15.4. The van der Waals surface area contributed by atoms with Gasteiger partial charge in [-0.15, -0.1) is 0 Å². The lowest BCUT2D eigenvalue weighted by Crippen LogP contribution is -2.50. The molecule has 1 aliphatic heterocycles. The number of sulfonamides is 1. The molecule has 3 heterocycles. The zero-order valence-corrected chi connectivity index (χ0v) is 14.3. The molecule has 5 nitrogen and oxygen atoms in total. The van der Waals surface area contributed by atoms with E-state index < -0.39 is 10.0 Å². The number of hydrogen-bond acceptors (Lipinski definition) is 3. The summed E-state index contributed by atoms with van der Waals surface area (Å²) in [5, 5.41) is 1.18. The van der Waals surface area contributed by atoms with Gasteiger partial charge in [-0.3, -0.25) is 4.98 Å². The second kappa shape index (κ2) is 5.72. The lowest BCUT2D eigenvalue weighted by molar-refractivity contribution is 0.199. The molecule has 2 aromatic heterocycles. The summed E-state index contributed by atoms with van der Waals surface area (Å²) in [4.78, 5) is 4.89. The van der Waals surface area contributed by atoms with Crippen molar-refractivity contribution in [2.24, 2.45) is 13.0 Å². The number of aryl methyl sites for hydroxylation is 1.